The Morgan fingerprint density at radius 3 is 2.50 bits per heavy atom. The van der Waals surface area contributed by atoms with Crippen molar-refractivity contribution in [3.05, 3.63) is 70.5 Å². The molecule has 3 aromatic rings. The Labute approximate surface area is 160 Å². The summed E-state index contributed by atoms with van der Waals surface area (Å²) in [6.45, 7) is 0. The van der Waals surface area contributed by atoms with E-state index in [1.807, 2.05) is 0 Å². The Morgan fingerprint density at radius 2 is 1.86 bits per heavy atom. The van der Waals surface area contributed by atoms with Gasteiger partial charge in [-0.15, -0.1) is 0 Å². The van der Waals surface area contributed by atoms with Crippen molar-refractivity contribution in [2.75, 3.05) is 5.32 Å². The fourth-order valence-electron chi connectivity index (χ4n) is 2.60. The van der Waals surface area contributed by atoms with Crippen molar-refractivity contribution >= 4 is 23.2 Å². The maximum absolute atomic E-state index is 14.4. The summed E-state index contributed by atoms with van der Waals surface area (Å²) in [6, 6.07) is 7.34. The second-order valence-electron chi connectivity index (χ2n) is 5.81. The average Bonchev–Trinajstić information content (AvgIpc) is 3.01. The van der Waals surface area contributed by atoms with Gasteiger partial charge in [-0.3, -0.25) is 9.48 Å². The topological polar surface area (TPSA) is 46.9 Å². The molecule has 0 aliphatic rings. The highest BCUT2D eigenvalue weighted by Gasteiger charge is 2.39. The van der Waals surface area contributed by atoms with Gasteiger partial charge in [-0.2, -0.15) is 18.3 Å². The first-order valence-electron chi connectivity index (χ1n) is 7.74. The number of nitrogens with one attached hydrogen (secondary N) is 1. The number of amides is 1. The molecule has 0 saturated carbocycles. The predicted molar refractivity (Wildman–Crippen MR) is 93.0 cm³/mol. The zero-order valence-electron chi connectivity index (χ0n) is 14.1. The molecule has 0 unspecified atom stereocenters. The van der Waals surface area contributed by atoms with Gasteiger partial charge in [-0.1, -0.05) is 29.8 Å². The van der Waals surface area contributed by atoms with Gasteiger partial charge < -0.3 is 5.32 Å². The van der Waals surface area contributed by atoms with E-state index in [4.69, 9.17) is 11.6 Å². The zero-order chi connectivity index (χ0) is 20.6. The lowest BCUT2D eigenvalue weighted by Gasteiger charge is -2.13. The van der Waals surface area contributed by atoms with Gasteiger partial charge >= 0.3 is 6.18 Å². The van der Waals surface area contributed by atoms with Gasteiger partial charge in [0.05, 0.1) is 16.3 Å². The number of nitrogens with zero attached hydrogens (tertiary/aromatic N) is 2. The smallest absolute Gasteiger partial charge is 0.319 e. The molecule has 0 saturated heterocycles. The number of carbonyl (C=O) groups is 1. The number of hydrogen-bond acceptors (Lipinski definition) is 2. The van der Waals surface area contributed by atoms with Crippen molar-refractivity contribution in [2.45, 2.75) is 6.18 Å². The molecule has 146 valence electrons. The molecule has 1 heterocycles. The summed E-state index contributed by atoms with van der Waals surface area (Å²) >= 11 is 5.74. The molecule has 28 heavy (non-hydrogen) atoms. The van der Waals surface area contributed by atoms with Crippen molar-refractivity contribution in [3.63, 3.8) is 0 Å². The Balaban J connectivity index is 2.04. The van der Waals surface area contributed by atoms with Crippen LogP contribution in [0.2, 0.25) is 5.02 Å². The fourth-order valence-corrected chi connectivity index (χ4v) is 2.78. The highest BCUT2D eigenvalue weighted by molar-refractivity contribution is 6.31. The van der Waals surface area contributed by atoms with Crippen molar-refractivity contribution in [1.29, 1.82) is 0 Å². The van der Waals surface area contributed by atoms with Gasteiger partial charge in [0.2, 0.25) is 0 Å². The second-order valence-corrected chi connectivity index (χ2v) is 6.22. The van der Waals surface area contributed by atoms with Crippen molar-refractivity contribution in [1.82, 2.24) is 9.78 Å². The van der Waals surface area contributed by atoms with E-state index >= 15 is 0 Å². The lowest BCUT2D eigenvalue weighted by Crippen LogP contribution is -2.18. The van der Waals surface area contributed by atoms with Gasteiger partial charge in [0.15, 0.2) is 5.69 Å². The first-order chi connectivity index (χ1) is 13.1. The van der Waals surface area contributed by atoms with E-state index in [1.165, 1.54) is 31.3 Å². The van der Waals surface area contributed by atoms with Crippen LogP contribution in [0.15, 0.2) is 42.6 Å². The van der Waals surface area contributed by atoms with Gasteiger partial charge in [0.1, 0.15) is 11.6 Å². The maximum atomic E-state index is 14.4. The van der Waals surface area contributed by atoms with Gasteiger partial charge in [0, 0.05) is 18.8 Å². The standard InChI is InChI=1S/C18H11ClF5N3O/c1-27-8-11(16(26-27)18(22,23)24)17(28)25-15-10(3-2-4-14(15)21)9-5-6-13(20)12(19)7-9/h2-8H,1H3,(H,25,28). The van der Waals surface area contributed by atoms with E-state index < -0.39 is 35.0 Å². The number of carbonyl (C=O) groups excluding carboxylic acids is 1. The molecule has 0 atom stereocenters. The number of hydrogen-bond donors (Lipinski definition) is 1. The summed E-state index contributed by atoms with van der Waals surface area (Å²) in [5.41, 5.74) is -2.14. The van der Waals surface area contributed by atoms with E-state index in [1.54, 1.807) is 0 Å². The highest BCUT2D eigenvalue weighted by atomic mass is 35.5. The van der Waals surface area contributed by atoms with Crippen LogP contribution in [0.1, 0.15) is 16.1 Å². The van der Waals surface area contributed by atoms with E-state index in [0.717, 1.165) is 23.0 Å². The van der Waals surface area contributed by atoms with Crippen molar-refractivity contribution in [2.24, 2.45) is 7.05 Å². The first kappa shape index (κ1) is 19.8. The number of aromatic nitrogens is 2. The minimum absolute atomic E-state index is 0.118. The third-order valence-corrected chi connectivity index (χ3v) is 4.11. The van der Waals surface area contributed by atoms with E-state index in [2.05, 4.69) is 10.4 Å². The molecule has 3 rings (SSSR count). The van der Waals surface area contributed by atoms with Crippen LogP contribution in [0.3, 0.4) is 0 Å². The lowest BCUT2D eigenvalue weighted by molar-refractivity contribution is -0.141. The number of aryl methyl sites for hydroxylation is 1. The van der Waals surface area contributed by atoms with Crippen LogP contribution in [0.25, 0.3) is 11.1 Å². The molecule has 0 aliphatic carbocycles. The Morgan fingerprint density at radius 1 is 1.14 bits per heavy atom. The third-order valence-electron chi connectivity index (χ3n) is 3.82. The first-order valence-corrected chi connectivity index (χ1v) is 8.12. The molecule has 0 spiro atoms. The molecule has 0 aliphatic heterocycles. The molecular formula is C18H11ClF5N3O. The summed E-state index contributed by atoms with van der Waals surface area (Å²) in [6.07, 6.45) is -3.98. The molecule has 0 fully saturated rings. The summed E-state index contributed by atoms with van der Waals surface area (Å²) in [5.74, 6) is -2.78. The molecule has 2 aromatic carbocycles. The van der Waals surface area contributed by atoms with E-state index in [-0.39, 0.29) is 21.8 Å². The minimum atomic E-state index is -4.86. The van der Waals surface area contributed by atoms with Crippen LogP contribution in [0, 0.1) is 11.6 Å². The quantitative estimate of drug-likeness (QED) is 0.591. The largest absolute Gasteiger partial charge is 0.435 e. The molecular weight excluding hydrogens is 405 g/mol. The zero-order valence-corrected chi connectivity index (χ0v) is 14.9. The predicted octanol–water partition coefficient (Wildman–Crippen LogP) is 5.29. The summed E-state index contributed by atoms with van der Waals surface area (Å²) in [5, 5.41) is 5.17. The number of para-hydroxylation sites is 1. The van der Waals surface area contributed by atoms with Gasteiger partial charge in [0.25, 0.3) is 5.91 Å². The number of anilines is 1. The summed E-state index contributed by atoms with van der Waals surface area (Å²) < 4.78 is 67.9. The van der Waals surface area contributed by atoms with Crippen LogP contribution in [-0.4, -0.2) is 15.7 Å². The van der Waals surface area contributed by atoms with Crippen LogP contribution in [-0.2, 0) is 13.2 Å². The Kier molecular flexibility index (Phi) is 5.12. The Hall–Kier alpha value is -2.94. The highest BCUT2D eigenvalue weighted by Crippen LogP contribution is 2.34. The number of alkyl halides is 3. The summed E-state index contributed by atoms with van der Waals surface area (Å²) in [4.78, 5) is 12.4. The van der Waals surface area contributed by atoms with Crippen LogP contribution >= 0.6 is 11.6 Å². The maximum Gasteiger partial charge on any atom is 0.435 e. The van der Waals surface area contributed by atoms with Crippen LogP contribution in [0.4, 0.5) is 27.6 Å². The second kappa shape index (κ2) is 7.23. The van der Waals surface area contributed by atoms with E-state index in [9.17, 15) is 26.7 Å². The average molecular weight is 416 g/mol. The number of halogens is 6. The molecule has 0 bridgehead atoms. The summed E-state index contributed by atoms with van der Waals surface area (Å²) in [7, 11) is 1.22. The number of rotatable bonds is 3. The monoisotopic (exact) mass is 415 g/mol. The van der Waals surface area contributed by atoms with Gasteiger partial charge in [-0.05, 0) is 23.8 Å². The fraction of sp³-hybridized carbons (Fsp3) is 0.111. The SMILES string of the molecule is Cn1cc(C(=O)Nc2c(F)cccc2-c2ccc(F)c(Cl)c2)c(C(F)(F)F)n1. The molecule has 10 heteroatoms. The van der Waals surface area contributed by atoms with Crippen LogP contribution in [0.5, 0.6) is 0 Å². The molecule has 1 N–H and O–H groups in total. The van der Waals surface area contributed by atoms with Gasteiger partial charge in [-0.25, -0.2) is 8.78 Å². The lowest BCUT2D eigenvalue weighted by atomic mass is 10.0. The van der Waals surface area contributed by atoms with Crippen molar-refractivity contribution in [3.8, 4) is 11.1 Å². The normalized spacial score (nSPS) is 11.5. The Bertz CT molecular complexity index is 1060. The van der Waals surface area contributed by atoms with Crippen molar-refractivity contribution < 1.29 is 26.7 Å². The number of benzene rings is 2. The van der Waals surface area contributed by atoms with Crippen LogP contribution < -0.4 is 5.32 Å². The molecule has 0 radical (unpaired) electrons. The molecule has 4 nitrogen and oxygen atoms in total. The third kappa shape index (κ3) is 3.84. The molecule has 1 aromatic heterocycles. The minimum Gasteiger partial charge on any atom is -0.319 e. The molecule has 1 amide bonds. The van der Waals surface area contributed by atoms with E-state index in [0.29, 0.717) is 0 Å².